The average molecular weight is 212 g/mol. The summed E-state index contributed by atoms with van der Waals surface area (Å²) >= 11 is 0. The molecular weight excluding hydrogens is 192 g/mol. The highest BCUT2D eigenvalue weighted by atomic mass is 16.5. The predicted octanol–water partition coefficient (Wildman–Crippen LogP) is 3.15. The van der Waals surface area contributed by atoms with Gasteiger partial charge >= 0.3 is 5.97 Å². The first-order valence-corrected chi connectivity index (χ1v) is 4.88. The van der Waals surface area contributed by atoms with Gasteiger partial charge < -0.3 is 9.84 Å². The molecule has 0 spiro atoms. The van der Waals surface area contributed by atoms with E-state index in [1.165, 1.54) is 0 Å². The molecule has 0 bridgehead atoms. The van der Waals surface area contributed by atoms with Crippen LogP contribution in [0.2, 0.25) is 0 Å². The van der Waals surface area contributed by atoms with Crippen molar-refractivity contribution in [3.63, 3.8) is 0 Å². The minimum Gasteiger partial charge on any atom is -0.486 e. The van der Waals surface area contributed by atoms with E-state index in [0.717, 1.165) is 5.57 Å². The first-order chi connectivity index (χ1) is 7.06. The highest BCUT2D eigenvalue weighted by molar-refractivity contribution is 5.68. The van der Waals surface area contributed by atoms with Gasteiger partial charge in [0.05, 0.1) is 0 Å². The summed E-state index contributed by atoms with van der Waals surface area (Å²) < 4.78 is 4.98. The van der Waals surface area contributed by atoms with Crippen molar-refractivity contribution in [1.29, 1.82) is 0 Å². The Morgan fingerprint density at radius 2 is 2.00 bits per heavy atom. The van der Waals surface area contributed by atoms with E-state index in [-0.39, 0.29) is 6.61 Å². The van der Waals surface area contributed by atoms with E-state index < -0.39 is 5.97 Å². The summed E-state index contributed by atoms with van der Waals surface area (Å²) in [6.45, 7) is 12.7. The van der Waals surface area contributed by atoms with Crippen LogP contribution in [-0.4, -0.2) is 17.7 Å². The van der Waals surface area contributed by atoms with Crippen LogP contribution in [0.25, 0.3) is 0 Å². The fourth-order valence-corrected chi connectivity index (χ4v) is 0.731. The number of carboxylic acid groups (broad SMARTS) is 1. The lowest BCUT2D eigenvalue weighted by Gasteiger charge is -2.05. The summed E-state index contributed by atoms with van der Waals surface area (Å²) in [5.41, 5.74) is 0.822. The van der Waals surface area contributed by atoms with Gasteiger partial charge in [-0.05, 0) is 13.0 Å². The molecule has 15 heavy (non-hydrogen) atoms. The van der Waals surface area contributed by atoms with Crippen LogP contribution in [-0.2, 0) is 9.53 Å². The van der Waals surface area contributed by atoms with Crippen molar-refractivity contribution in [3.8, 4) is 0 Å². The van der Waals surface area contributed by atoms with Gasteiger partial charge in [-0.15, -0.1) is 6.58 Å². The van der Waals surface area contributed by atoms with Crippen LogP contribution in [0.1, 0.15) is 27.2 Å². The number of hydrogen-bond acceptors (Lipinski definition) is 2. The Bertz CT molecular complexity index is 239. The molecule has 3 nitrogen and oxygen atoms in total. The van der Waals surface area contributed by atoms with E-state index in [4.69, 9.17) is 9.84 Å². The molecule has 86 valence electrons. The highest BCUT2D eigenvalue weighted by Crippen LogP contribution is 2.07. The number of aliphatic carboxylic acids is 1. The van der Waals surface area contributed by atoms with E-state index in [2.05, 4.69) is 13.2 Å². The molecule has 3 heteroatoms. The lowest BCUT2D eigenvalue weighted by Crippen LogP contribution is -2.06. The van der Waals surface area contributed by atoms with Gasteiger partial charge in [-0.3, -0.25) is 0 Å². The Balaban J connectivity index is 0. The van der Waals surface area contributed by atoms with Crippen molar-refractivity contribution >= 4 is 5.97 Å². The van der Waals surface area contributed by atoms with Crippen molar-refractivity contribution in [2.24, 2.45) is 0 Å². The molecule has 0 fully saturated rings. The third kappa shape index (κ3) is 12.5. The number of hydrogen-bond donors (Lipinski definition) is 1. The Morgan fingerprint density at radius 3 is 2.33 bits per heavy atom. The summed E-state index contributed by atoms with van der Waals surface area (Å²) in [5.74, 6) is -0.415. The molecule has 0 aromatic carbocycles. The zero-order valence-electron chi connectivity index (χ0n) is 9.75. The summed E-state index contributed by atoms with van der Waals surface area (Å²) in [6, 6.07) is 0. The normalized spacial score (nSPS) is 9.67. The Labute approximate surface area is 91.8 Å². The van der Waals surface area contributed by atoms with Gasteiger partial charge in [0.15, 0.2) is 6.61 Å². The van der Waals surface area contributed by atoms with Crippen molar-refractivity contribution in [1.82, 2.24) is 0 Å². The van der Waals surface area contributed by atoms with E-state index in [9.17, 15) is 4.79 Å². The lowest BCUT2D eigenvalue weighted by molar-refractivity contribution is -0.140. The second-order valence-corrected chi connectivity index (χ2v) is 2.63. The summed E-state index contributed by atoms with van der Waals surface area (Å²) in [7, 11) is 0. The Hall–Kier alpha value is -1.51. The molecule has 0 saturated carbocycles. The van der Waals surface area contributed by atoms with Crippen LogP contribution in [0.3, 0.4) is 0 Å². The Kier molecular flexibility index (Phi) is 11.2. The van der Waals surface area contributed by atoms with Gasteiger partial charge in [-0.25, -0.2) is 4.79 Å². The molecule has 0 aliphatic heterocycles. The molecule has 0 aliphatic rings. The second kappa shape index (κ2) is 10.6. The molecule has 0 unspecified atom stereocenters. The van der Waals surface area contributed by atoms with E-state index in [1.54, 1.807) is 12.2 Å². The van der Waals surface area contributed by atoms with Crippen LogP contribution >= 0.6 is 0 Å². The van der Waals surface area contributed by atoms with E-state index in [0.29, 0.717) is 12.2 Å². The molecule has 0 aromatic heterocycles. The standard InChI is InChI=1S/C10H14O3.C2H6/c1-4-5-9(6-8(2)3)13-7-10(11)12;1-2/h4,6H,1-2,5,7H2,3H3,(H,11,12);1-2H3/b9-6+;. The minimum absolute atomic E-state index is 0.326. The zero-order valence-corrected chi connectivity index (χ0v) is 9.75. The maximum absolute atomic E-state index is 10.2. The van der Waals surface area contributed by atoms with Crippen molar-refractivity contribution in [2.75, 3.05) is 6.61 Å². The molecule has 0 rings (SSSR count). The second-order valence-electron chi connectivity index (χ2n) is 2.63. The molecule has 0 aliphatic carbocycles. The van der Waals surface area contributed by atoms with Gasteiger partial charge in [-0.2, -0.15) is 0 Å². The molecule has 1 N–H and O–H groups in total. The van der Waals surface area contributed by atoms with Gasteiger partial charge in [0.2, 0.25) is 0 Å². The largest absolute Gasteiger partial charge is 0.486 e. The fraction of sp³-hybridized carbons (Fsp3) is 0.417. The number of carbonyl (C=O) groups is 1. The SMILES string of the molecule is C=CC/C(=C\C(=C)C)OCC(=O)O.CC. The molecule has 0 radical (unpaired) electrons. The molecular formula is C12H20O3. The number of carboxylic acids is 1. The monoisotopic (exact) mass is 212 g/mol. The zero-order chi connectivity index (χ0) is 12.3. The van der Waals surface area contributed by atoms with Crippen LogP contribution in [0.4, 0.5) is 0 Å². The summed E-state index contributed by atoms with van der Waals surface area (Å²) in [5, 5.41) is 8.36. The fourth-order valence-electron chi connectivity index (χ4n) is 0.731. The quantitative estimate of drug-likeness (QED) is 0.418. The molecule has 0 heterocycles. The molecule has 0 saturated heterocycles. The van der Waals surface area contributed by atoms with Gasteiger partial charge in [0.25, 0.3) is 0 Å². The minimum atomic E-state index is -0.989. The van der Waals surface area contributed by atoms with Crippen LogP contribution in [0, 0.1) is 0 Å². The highest BCUT2D eigenvalue weighted by Gasteiger charge is 2.00. The van der Waals surface area contributed by atoms with Crippen molar-refractivity contribution < 1.29 is 14.6 Å². The van der Waals surface area contributed by atoms with E-state index in [1.807, 2.05) is 20.8 Å². The van der Waals surface area contributed by atoms with Crippen LogP contribution in [0.5, 0.6) is 0 Å². The first-order valence-electron chi connectivity index (χ1n) is 4.88. The molecule has 0 aromatic rings. The predicted molar refractivity (Wildman–Crippen MR) is 62.6 cm³/mol. The summed E-state index contributed by atoms with van der Waals surface area (Å²) in [6.07, 6.45) is 3.86. The third-order valence-corrected chi connectivity index (χ3v) is 1.13. The maximum Gasteiger partial charge on any atom is 0.341 e. The van der Waals surface area contributed by atoms with Gasteiger partial charge in [-0.1, -0.05) is 32.1 Å². The van der Waals surface area contributed by atoms with Crippen molar-refractivity contribution in [2.45, 2.75) is 27.2 Å². The summed E-state index contributed by atoms with van der Waals surface area (Å²) in [4.78, 5) is 10.2. The van der Waals surface area contributed by atoms with E-state index >= 15 is 0 Å². The van der Waals surface area contributed by atoms with Gasteiger partial charge in [0, 0.05) is 6.42 Å². The third-order valence-electron chi connectivity index (χ3n) is 1.13. The Morgan fingerprint density at radius 1 is 1.47 bits per heavy atom. The molecule has 0 amide bonds. The number of allylic oxidation sites excluding steroid dienone is 3. The molecule has 0 atom stereocenters. The van der Waals surface area contributed by atoms with Gasteiger partial charge in [0.1, 0.15) is 5.76 Å². The first kappa shape index (κ1) is 15.9. The number of ether oxygens (including phenoxy) is 1. The smallest absolute Gasteiger partial charge is 0.341 e. The van der Waals surface area contributed by atoms with Crippen LogP contribution in [0.15, 0.2) is 36.6 Å². The topological polar surface area (TPSA) is 46.5 Å². The average Bonchev–Trinajstić information content (AvgIpc) is 2.17. The van der Waals surface area contributed by atoms with Crippen LogP contribution < -0.4 is 0 Å². The maximum atomic E-state index is 10.2. The number of rotatable bonds is 6. The van der Waals surface area contributed by atoms with Crippen molar-refractivity contribution in [3.05, 3.63) is 36.6 Å². The lowest BCUT2D eigenvalue weighted by atomic mass is 10.2.